The van der Waals surface area contributed by atoms with Crippen LogP contribution in [-0.2, 0) is 4.74 Å². The normalized spacial score (nSPS) is 24.9. The fourth-order valence-electron chi connectivity index (χ4n) is 2.55. The van der Waals surface area contributed by atoms with Crippen LogP contribution in [0.25, 0.3) is 0 Å². The van der Waals surface area contributed by atoms with E-state index in [4.69, 9.17) is 4.74 Å². The summed E-state index contributed by atoms with van der Waals surface area (Å²) in [6.07, 6.45) is 1.90. The van der Waals surface area contributed by atoms with Crippen molar-refractivity contribution in [3.8, 4) is 0 Å². The summed E-state index contributed by atoms with van der Waals surface area (Å²) in [6.45, 7) is 8.46. The Morgan fingerprint density at radius 1 is 1.29 bits per heavy atom. The van der Waals surface area contributed by atoms with E-state index < -0.39 is 5.60 Å². The maximum Gasteiger partial charge on any atom is 0.410 e. The van der Waals surface area contributed by atoms with Gasteiger partial charge in [-0.25, -0.2) is 4.79 Å². The van der Waals surface area contributed by atoms with Crippen LogP contribution in [0, 0.1) is 0 Å². The third-order valence-electron chi connectivity index (χ3n) is 3.67. The van der Waals surface area contributed by atoms with Crippen LogP contribution in [0.1, 0.15) is 33.6 Å². The summed E-state index contributed by atoms with van der Waals surface area (Å²) in [6, 6.07) is 0.552. The van der Waals surface area contributed by atoms with Crippen molar-refractivity contribution in [1.29, 1.82) is 0 Å². The number of hydrogen-bond acceptors (Lipinski definition) is 5. The van der Waals surface area contributed by atoms with Crippen LogP contribution in [-0.4, -0.2) is 64.8 Å². The third kappa shape index (κ3) is 6.28. The smallest absolute Gasteiger partial charge is 0.410 e. The molecule has 0 aromatic heterocycles. The molecule has 6 heteroatoms. The van der Waals surface area contributed by atoms with Crippen molar-refractivity contribution in [1.82, 2.24) is 10.2 Å². The minimum absolute atomic E-state index is 0.166. The third-order valence-corrected chi connectivity index (χ3v) is 6.51. The lowest BCUT2D eigenvalue weighted by molar-refractivity contribution is 0.0198. The molecule has 1 N–H and O–H groups in total. The summed E-state index contributed by atoms with van der Waals surface area (Å²) in [4.78, 5) is 13.8. The zero-order valence-corrected chi connectivity index (χ0v) is 15.0. The van der Waals surface area contributed by atoms with Crippen LogP contribution in [0.3, 0.4) is 0 Å². The van der Waals surface area contributed by atoms with Crippen molar-refractivity contribution >= 4 is 29.6 Å². The summed E-state index contributed by atoms with van der Waals surface area (Å²) < 4.78 is 5.43. The van der Waals surface area contributed by atoms with Crippen molar-refractivity contribution in [3.63, 3.8) is 0 Å². The van der Waals surface area contributed by atoms with E-state index in [1.807, 2.05) is 25.7 Å². The Labute approximate surface area is 137 Å². The van der Waals surface area contributed by atoms with Gasteiger partial charge in [-0.2, -0.15) is 23.5 Å². The van der Waals surface area contributed by atoms with E-state index in [0.717, 1.165) is 37.7 Å². The molecule has 2 saturated heterocycles. The van der Waals surface area contributed by atoms with Crippen LogP contribution in [0.2, 0.25) is 0 Å². The van der Waals surface area contributed by atoms with E-state index in [-0.39, 0.29) is 6.09 Å². The molecular weight excluding hydrogens is 304 g/mol. The first-order chi connectivity index (χ1) is 9.94. The average molecular weight is 333 g/mol. The minimum atomic E-state index is -0.401. The molecule has 0 aromatic carbocycles. The molecule has 21 heavy (non-hydrogen) atoms. The zero-order valence-electron chi connectivity index (χ0n) is 13.4. The molecule has 2 aliphatic heterocycles. The lowest BCUT2D eigenvalue weighted by atomic mass is 10.1. The maximum absolute atomic E-state index is 12.0. The van der Waals surface area contributed by atoms with Gasteiger partial charge in [0.05, 0.1) is 0 Å². The van der Waals surface area contributed by atoms with Crippen molar-refractivity contribution in [2.24, 2.45) is 0 Å². The molecule has 0 radical (unpaired) electrons. The van der Waals surface area contributed by atoms with E-state index in [2.05, 4.69) is 28.8 Å². The van der Waals surface area contributed by atoms with Crippen molar-refractivity contribution in [2.45, 2.75) is 50.5 Å². The molecule has 0 bridgehead atoms. The van der Waals surface area contributed by atoms with Gasteiger partial charge in [0.25, 0.3) is 0 Å². The molecule has 2 aliphatic rings. The van der Waals surface area contributed by atoms with Crippen LogP contribution in [0.5, 0.6) is 0 Å². The Balaban J connectivity index is 1.64. The average Bonchev–Trinajstić information content (AvgIpc) is 2.45. The second-order valence-electron chi connectivity index (χ2n) is 6.72. The standard InChI is InChI=1S/C15H28N2O2S2/c1-15(2,3)19-14(18)17-6-4-12(5-7-17)16-10-13-11-20-8-9-21-13/h12-13,16H,4-11H2,1-3H3. The zero-order chi connectivity index (χ0) is 15.3. The Morgan fingerprint density at radius 3 is 2.57 bits per heavy atom. The van der Waals surface area contributed by atoms with Crippen molar-refractivity contribution < 1.29 is 9.53 Å². The fraction of sp³-hybridized carbons (Fsp3) is 0.933. The molecule has 0 aliphatic carbocycles. The first-order valence-electron chi connectivity index (χ1n) is 7.85. The van der Waals surface area contributed by atoms with E-state index in [9.17, 15) is 4.79 Å². The number of thioether (sulfide) groups is 2. The summed E-state index contributed by atoms with van der Waals surface area (Å²) in [5, 5.41) is 4.44. The Morgan fingerprint density at radius 2 is 2.00 bits per heavy atom. The molecule has 1 amide bonds. The van der Waals surface area contributed by atoms with Crippen molar-refractivity contribution in [3.05, 3.63) is 0 Å². The van der Waals surface area contributed by atoms with Crippen LogP contribution < -0.4 is 5.32 Å². The number of likely N-dealkylation sites (tertiary alicyclic amines) is 1. The van der Waals surface area contributed by atoms with Gasteiger partial charge in [-0.15, -0.1) is 0 Å². The number of nitrogens with zero attached hydrogens (tertiary/aromatic N) is 1. The predicted octanol–water partition coefficient (Wildman–Crippen LogP) is 2.82. The molecule has 122 valence electrons. The summed E-state index contributed by atoms with van der Waals surface area (Å²) in [5.41, 5.74) is -0.401. The van der Waals surface area contributed by atoms with Crippen LogP contribution >= 0.6 is 23.5 Å². The summed E-state index contributed by atoms with van der Waals surface area (Å²) in [5.74, 6) is 3.86. The van der Waals surface area contributed by atoms with Gasteiger partial charge in [-0.05, 0) is 33.6 Å². The first kappa shape index (κ1) is 17.3. The Hall–Kier alpha value is -0.0700. The van der Waals surface area contributed by atoms with Gasteiger partial charge >= 0.3 is 6.09 Å². The quantitative estimate of drug-likeness (QED) is 0.861. The van der Waals surface area contributed by atoms with Crippen LogP contribution in [0.4, 0.5) is 4.79 Å². The summed E-state index contributed by atoms with van der Waals surface area (Å²) in [7, 11) is 0. The van der Waals surface area contributed by atoms with Gasteiger partial charge in [-0.1, -0.05) is 0 Å². The second kappa shape index (κ2) is 7.97. The second-order valence-corrected chi connectivity index (χ2v) is 9.28. The first-order valence-corrected chi connectivity index (χ1v) is 10.0. The highest BCUT2D eigenvalue weighted by atomic mass is 32.2. The molecule has 1 atom stereocenters. The molecular formula is C15H28N2O2S2. The van der Waals surface area contributed by atoms with Gasteiger partial charge < -0.3 is 15.0 Å². The largest absolute Gasteiger partial charge is 0.444 e. The predicted molar refractivity (Wildman–Crippen MR) is 92.4 cm³/mol. The number of rotatable bonds is 3. The number of piperidine rings is 1. The SMILES string of the molecule is CC(C)(C)OC(=O)N1CCC(NCC2CSCCS2)CC1. The number of amides is 1. The van der Waals surface area contributed by atoms with Gasteiger partial charge in [0, 0.05) is 48.2 Å². The number of carbonyl (C=O) groups excluding carboxylic acids is 1. The number of carbonyl (C=O) groups is 1. The number of ether oxygens (including phenoxy) is 1. The molecule has 2 heterocycles. The minimum Gasteiger partial charge on any atom is -0.444 e. The van der Waals surface area contributed by atoms with E-state index in [0.29, 0.717) is 6.04 Å². The number of hydrogen-bond donors (Lipinski definition) is 1. The van der Waals surface area contributed by atoms with E-state index >= 15 is 0 Å². The monoisotopic (exact) mass is 332 g/mol. The Kier molecular flexibility index (Phi) is 6.56. The summed E-state index contributed by atoms with van der Waals surface area (Å²) >= 11 is 4.16. The van der Waals surface area contributed by atoms with Gasteiger partial charge in [-0.3, -0.25) is 0 Å². The number of nitrogens with one attached hydrogen (secondary N) is 1. The highest BCUT2D eigenvalue weighted by molar-refractivity contribution is 8.06. The molecule has 1 unspecified atom stereocenters. The highest BCUT2D eigenvalue weighted by Crippen LogP contribution is 2.24. The lowest BCUT2D eigenvalue weighted by Gasteiger charge is -2.34. The molecule has 2 rings (SSSR count). The van der Waals surface area contributed by atoms with Gasteiger partial charge in [0.1, 0.15) is 5.60 Å². The fourth-order valence-corrected chi connectivity index (χ4v) is 5.17. The lowest BCUT2D eigenvalue weighted by Crippen LogP contribution is -2.47. The van der Waals surface area contributed by atoms with Crippen LogP contribution in [0.15, 0.2) is 0 Å². The molecule has 2 fully saturated rings. The van der Waals surface area contributed by atoms with Gasteiger partial charge in [0.2, 0.25) is 0 Å². The van der Waals surface area contributed by atoms with Gasteiger partial charge in [0.15, 0.2) is 0 Å². The van der Waals surface area contributed by atoms with Crippen molar-refractivity contribution in [2.75, 3.05) is 36.9 Å². The highest BCUT2D eigenvalue weighted by Gasteiger charge is 2.27. The van der Waals surface area contributed by atoms with E-state index in [1.54, 1.807) is 0 Å². The van der Waals surface area contributed by atoms with E-state index in [1.165, 1.54) is 17.3 Å². The molecule has 0 saturated carbocycles. The molecule has 0 spiro atoms. The molecule has 4 nitrogen and oxygen atoms in total. The topological polar surface area (TPSA) is 41.6 Å². The maximum atomic E-state index is 12.0. The Bertz CT molecular complexity index is 333. The molecule has 0 aromatic rings.